The predicted molar refractivity (Wildman–Crippen MR) is 62.3 cm³/mol. The van der Waals surface area contributed by atoms with Crippen molar-refractivity contribution >= 4 is 17.1 Å². The first kappa shape index (κ1) is 11.4. The first-order valence-electron chi connectivity index (χ1n) is 5.31. The molecular weight excluding hydrogens is 192 g/mol. The van der Waals surface area contributed by atoms with Crippen LogP contribution >= 0.6 is 11.3 Å². The predicted octanol–water partition coefficient (Wildman–Crippen LogP) is 4.24. The molecule has 0 saturated heterocycles. The minimum absolute atomic E-state index is 0.317. The molecule has 2 heteroatoms. The third-order valence-electron chi connectivity index (χ3n) is 2.57. The van der Waals surface area contributed by atoms with Crippen LogP contribution in [0.2, 0.25) is 0 Å². The van der Waals surface area contributed by atoms with E-state index in [1.54, 1.807) is 11.3 Å². The number of carbonyl (C=O) groups is 1. The summed E-state index contributed by atoms with van der Waals surface area (Å²) in [5.74, 6) is 0.829. The normalized spacial score (nSPS) is 12.8. The number of thiophene rings is 1. The van der Waals surface area contributed by atoms with E-state index in [1.807, 2.05) is 5.38 Å². The molecule has 0 aliphatic rings. The molecule has 0 spiro atoms. The molecule has 1 heterocycles. The summed E-state index contributed by atoms with van der Waals surface area (Å²) in [6, 6.07) is 2.10. The molecule has 0 aliphatic carbocycles. The standard InChI is InChI=1S/C12H18OS/c1-4-6-11(13)12-10(7-8-14-12)9(3)5-2/h7-9H,4-6H2,1-3H3. The SMILES string of the molecule is CCCC(=O)c1sccc1C(C)CC. The van der Waals surface area contributed by atoms with E-state index in [2.05, 4.69) is 26.8 Å². The first-order chi connectivity index (χ1) is 6.70. The number of hydrogen-bond donors (Lipinski definition) is 0. The van der Waals surface area contributed by atoms with Crippen LogP contribution < -0.4 is 0 Å². The molecule has 0 saturated carbocycles. The molecule has 0 aliphatic heterocycles. The van der Waals surface area contributed by atoms with Crippen LogP contribution in [-0.4, -0.2) is 5.78 Å². The molecule has 78 valence electrons. The lowest BCUT2D eigenvalue weighted by Gasteiger charge is -2.08. The highest BCUT2D eigenvalue weighted by atomic mass is 32.1. The van der Waals surface area contributed by atoms with Gasteiger partial charge in [-0.3, -0.25) is 4.79 Å². The van der Waals surface area contributed by atoms with Gasteiger partial charge in [0.25, 0.3) is 0 Å². The molecule has 0 N–H and O–H groups in total. The van der Waals surface area contributed by atoms with Gasteiger partial charge in [0.2, 0.25) is 0 Å². The average Bonchev–Trinajstić information content (AvgIpc) is 2.65. The molecular formula is C12H18OS. The Hall–Kier alpha value is -0.630. The van der Waals surface area contributed by atoms with E-state index in [0.29, 0.717) is 18.1 Å². The van der Waals surface area contributed by atoms with Gasteiger partial charge in [-0.1, -0.05) is 20.8 Å². The minimum Gasteiger partial charge on any atom is -0.293 e. The summed E-state index contributed by atoms with van der Waals surface area (Å²) in [6.07, 6.45) is 2.73. The van der Waals surface area contributed by atoms with Crippen molar-refractivity contribution in [1.82, 2.24) is 0 Å². The van der Waals surface area contributed by atoms with Crippen LogP contribution in [0.15, 0.2) is 11.4 Å². The zero-order valence-electron chi connectivity index (χ0n) is 9.17. The summed E-state index contributed by atoms with van der Waals surface area (Å²) < 4.78 is 0. The van der Waals surface area contributed by atoms with Crippen LogP contribution in [0.4, 0.5) is 0 Å². The average molecular weight is 210 g/mol. The Morgan fingerprint density at radius 1 is 1.50 bits per heavy atom. The molecule has 14 heavy (non-hydrogen) atoms. The zero-order valence-corrected chi connectivity index (χ0v) is 9.99. The van der Waals surface area contributed by atoms with Crippen LogP contribution in [-0.2, 0) is 0 Å². The smallest absolute Gasteiger partial charge is 0.173 e. The van der Waals surface area contributed by atoms with Crippen LogP contribution in [0.25, 0.3) is 0 Å². The second-order valence-electron chi connectivity index (χ2n) is 3.69. The zero-order chi connectivity index (χ0) is 10.6. The fourth-order valence-corrected chi connectivity index (χ4v) is 2.48. The van der Waals surface area contributed by atoms with Crippen LogP contribution in [0.5, 0.6) is 0 Å². The van der Waals surface area contributed by atoms with E-state index in [0.717, 1.165) is 17.7 Å². The molecule has 0 bridgehead atoms. The highest BCUT2D eigenvalue weighted by Crippen LogP contribution is 2.28. The van der Waals surface area contributed by atoms with E-state index < -0.39 is 0 Å². The molecule has 1 atom stereocenters. The summed E-state index contributed by atoms with van der Waals surface area (Å²) in [6.45, 7) is 6.40. The van der Waals surface area contributed by atoms with Crippen molar-refractivity contribution in [2.75, 3.05) is 0 Å². The molecule has 1 unspecified atom stereocenters. The van der Waals surface area contributed by atoms with Gasteiger partial charge in [-0.15, -0.1) is 11.3 Å². The van der Waals surface area contributed by atoms with Crippen molar-refractivity contribution in [2.24, 2.45) is 0 Å². The lowest BCUT2D eigenvalue weighted by atomic mass is 9.97. The molecule has 0 fully saturated rings. The molecule has 1 aromatic heterocycles. The van der Waals surface area contributed by atoms with E-state index in [1.165, 1.54) is 5.56 Å². The van der Waals surface area contributed by atoms with E-state index in [4.69, 9.17) is 0 Å². The molecule has 1 aromatic rings. The fraction of sp³-hybridized carbons (Fsp3) is 0.583. The van der Waals surface area contributed by atoms with Gasteiger partial charge < -0.3 is 0 Å². The Bertz CT molecular complexity index is 301. The maximum atomic E-state index is 11.8. The third kappa shape index (κ3) is 2.44. The minimum atomic E-state index is 0.317. The highest BCUT2D eigenvalue weighted by Gasteiger charge is 2.15. The molecule has 0 aromatic carbocycles. The highest BCUT2D eigenvalue weighted by molar-refractivity contribution is 7.12. The largest absolute Gasteiger partial charge is 0.293 e. The number of rotatable bonds is 5. The molecule has 0 radical (unpaired) electrons. The van der Waals surface area contributed by atoms with Gasteiger partial charge >= 0.3 is 0 Å². The Labute approximate surface area is 90.2 Å². The van der Waals surface area contributed by atoms with Crippen molar-refractivity contribution in [3.8, 4) is 0 Å². The van der Waals surface area contributed by atoms with Crippen molar-refractivity contribution in [3.05, 3.63) is 21.9 Å². The number of ketones is 1. The van der Waals surface area contributed by atoms with Crippen molar-refractivity contribution in [3.63, 3.8) is 0 Å². The first-order valence-corrected chi connectivity index (χ1v) is 6.19. The number of Topliss-reactive ketones (excluding diaryl/α,β-unsaturated/α-hetero) is 1. The number of carbonyl (C=O) groups excluding carboxylic acids is 1. The fourth-order valence-electron chi connectivity index (χ4n) is 1.49. The van der Waals surface area contributed by atoms with Crippen molar-refractivity contribution < 1.29 is 4.79 Å². The van der Waals surface area contributed by atoms with E-state index in [-0.39, 0.29) is 0 Å². The summed E-state index contributed by atoms with van der Waals surface area (Å²) in [5, 5.41) is 2.03. The second kappa shape index (κ2) is 5.30. The monoisotopic (exact) mass is 210 g/mol. The number of hydrogen-bond acceptors (Lipinski definition) is 2. The Balaban J connectivity index is 2.86. The maximum Gasteiger partial charge on any atom is 0.173 e. The van der Waals surface area contributed by atoms with Gasteiger partial charge in [0, 0.05) is 6.42 Å². The van der Waals surface area contributed by atoms with Gasteiger partial charge in [0.1, 0.15) is 0 Å². The van der Waals surface area contributed by atoms with Gasteiger partial charge in [-0.05, 0) is 35.8 Å². The Kier molecular flexibility index (Phi) is 4.33. The van der Waals surface area contributed by atoms with E-state index >= 15 is 0 Å². The third-order valence-corrected chi connectivity index (χ3v) is 3.54. The van der Waals surface area contributed by atoms with Crippen LogP contribution in [0.3, 0.4) is 0 Å². The van der Waals surface area contributed by atoms with Gasteiger partial charge in [0.05, 0.1) is 4.88 Å². The van der Waals surface area contributed by atoms with E-state index in [9.17, 15) is 4.79 Å². The van der Waals surface area contributed by atoms with Gasteiger partial charge in [-0.2, -0.15) is 0 Å². The molecule has 1 rings (SSSR count). The summed E-state index contributed by atoms with van der Waals surface area (Å²) in [5.41, 5.74) is 1.25. The maximum absolute atomic E-state index is 11.8. The van der Waals surface area contributed by atoms with Crippen molar-refractivity contribution in [1.29, 1.82) is 0 Å². The van der Waals surface area contributed by atoms with Crippen LogP contribution in [0, 0.1) is 0 Å². The van der Waals surface area contributed by atoms with Gasteiger partial charge in [0.15, 0.2) is 5.78 Å². The summed E-state index contributed by atoms with van der Waals surface area (Å²) in [4.78, 5) is 12.7. The quantitative estimate of drug-likeness (QED) is 0.664. The summed E-state index contributed by atoms with van der Waals surface area (Å²) >= 11 is 1.59. The topological polar surface area (TPSA) is 17.1 Å². The second-order valence-corrected chi connectivity index (χ2v) is 4.60. The molecule has 0 amide bonds. The van der Waals surface area contributed by atoms with Crippen molar-refractivity contribution in [2.45, 2.75) is 46.0 Å². The molecule has 1 nitrogen and oxygen atoms in total. The lowest BCUT2D eigenvalue weighted by molar-refractivity contribution is 0.0984. The Morgan fingerprint density at radius 2 is 2.21 bits per heavy atom. The Morgan fingerprint density at radius 3 is 2.79 bits per heavy atom. The van der Waals surface area contributed by atoms with Crippen LogP contribution in [0.1, 0.15) is 61.2 Å². The van der Waals surface area contributed by atoms with Gasteiger partial charge in [-0.25, -0.2) is 0 Å². The lowest BCUT2D eigenvalue weighted by Crippen LogP contribution is -2.01. The summed E-state index contributed by atoms with van der Waals surface area (Å²) in [7, 11) is 0.